The molecule has 0 bridgehead atoms. The number of carbonyl (C=O) groups is 1. The van der Waals surface area contributed by atoms with Crippen molar-refractivity contribution in [1.29, 1.82) is 0 Å². The van der Waals surface area contributed by atoms with Crippen LogP contribution in [-0.4, -0.2) is 44.9 Å². The third-order valence-corrected chi connectivity index (χ3v) is 5.70. The van der Waals surface area contributed by atoms with Crippen molar-refractivity contribution in [2.45, 2.75) is 44.8 Å². The molecule has 0 atom stereocenters. The Morgan fingerprint density at radius 3 is 2.71 bits per heavy atom. The number of rotatable bonds is 4. The number of amides is 1. The van der Waals surface area contributed by atoms with Gasteiger partial charge in [-0.1, -0.05) is 0 Å². The van der Waals surface area contributed by atoms with Gasteiger partial charge in [0.05, 0.1) is 18.0 Å². The van der Waals surface area contributed by atoms with E-state index < -0.39 is 5.82 Å². The van der Waals surface area contributed by atoms with Crippen LogP contribution in [0.3, 0.4) is 0 Å². The first-order chi connectivity index (χ1) is 13.5. The summed E-state index contributed by atoms with van der Waals surface area (Å²) in [6.07, 6.45) is 5.52. The molecule has 0 unspecified atom stereocenters. The third kappa shape index (κ3) is 3.28. The number of methoxy groups -OCH3 is 1. The lowest BCUT2D eigenvalue weighted by Gasteiger charge is -2.27. The van der Waals surface area contributed by atoms with E-state index in [2.05, 4.69) is 20.5 Å². The summed E-state index contributed by atoms with van der Waals surface area (Å²) in [4.78, 5) is 17.1. The van der Waals surface area contributed by atoms with Gasteiger partial charge in [0, 0.05) is 31.1 Å². The van der Waals surface area contributed by atoms with E-state index in [1.807, 2.05) is 18.5 Å². The van der Waals surface area contributed by atoms with Crippen molar-refractivity contribution in [1.82, 2.24) is 25.1 Å². The Morgan fingerprint density at radius 2 is 2.07 bits per heavy atom. The van der Waals surface area contributed by atoms with Crippen molar-refractivity contribution < 1.29 is 13.9 Å². The lowest BCUT2D eigenvalue weighted by atomic mass is 9.93. The number of hydrogen-bond acceptors (Lipinski definition) is 4. The lowest BCUT2D eigenvalue weighted by Crippen LogP contribution is -2.39. The number of hydrogen-bond donors (Lipinski definition) is 2. The molecular weight excluding hydrogens is 361 g/mol. The molecule has 0 aliphatic heterocycles. The monoisotopic (exact) mass is 385 g/mol. The van der Waals surface area contributed by atoms with Crippen molar-refractivity contribution in [3.8, 4) is 11.3 Å². The largest absolute Gasteiger partial charge is 0.381 e. The first-order valence-corrected chi connectivity index (χ1v) is 9.48. The summed E-state index contributed by atoms with van der Waals surface area (Å²) >= 11 is 0. The van der Waals surface area contributed by atoms with Gasteiger partial charge in [-0.2, -0.15) is 5.10 Å². The minimum Gasteiger partial charge on any atom is -0.381 e. The van der Waals surface area contributed by atoms with Gasteiger partial charge in [0.1, 0.15) is 17.2 Å². The van der Waals surface area contributed by atoms with Crippen molar-refractivity contribution in [2.24, 2.45) is 7.05 Å². The van der Waals surface area contributed by atoms with Gasteiger partial charge in [-0.25, -0.2) is 9.37 Å². The molecule has 1 amide bonds. The SMILES string of the molecule is CO[C@H]1CC[C@H](NC(=O)c2n[nH]c3c(F)cc(-c4cnc(C)n4C)cc23)CC1. The molecule has 4 rings (SSSR count). The molecule has 1 aliphatic rings. The van der Waals surface area contributed by atoms with Crippen LogP contribution in [0.5, 0.6) is 0 Å². The highest BCUT2D eigenvalue weighted by Gasteiger charge is 2.25. The van der Waals surface area contributed by atoms with Gasteiger partial charge in [-0.05, 0) is 44.7 Å². The number of H-pyrrole nitrogens is 1. The van der Waals surface area contributed by atoms with E-state index in [0.29, 0.717) is 10.9 Å². The predicted molar refractivity (Wildman–Crippen MR) is 104 cm³/mol. The normalized spacial score (nSPS) is 19.9. The standard InChI is InChI=1S/C20H24FN5O2/c1-11-22-10-17(26(11)2)12-8-15-18(16(21)9-12)24-25-19(15)20(27)23-13-4-6-14(28-3)7-5-13/h8-10,13-14H,4-7H2,1-3H3,(H,23,27)(H,24,25)/t13-,14-. The van der Waals surface area contributed by atoms with Gasteiger partial charge in [0.15, 0.2) is 5.69 Å². The molecule has 1 aromatic carbocycles. The molecule has 0 saturated heterocycles. The van der Waals surface area contributed by atoms with Crippen LogP contribution in [0.4, 0.5) is 4.39 Å². The zero-order valence-corrected chi connectivity index (χ0v) is 16.3. The number of aromatic nitrogens is 4. The number of aromatic amines is 1. The Labute approximate surface area is 162 Å². The molecular formula is C20H24FN5O2. The van der Waals surface area contributed by atoms with Crippen LogP contribution in [0.2, 0.25) is 0 Å². The molecule has 2 heterocycles. The number of ether oxygens (including phenoxy) is 1. The Kier molecular flexibility index (Phi) is 4.89. The van der Waals surface area contributed by atoms with E-state index in [-0.39, 0.29) is 29.3 Å². The molecule has 7 nitrogen and oxygen atoms in total. The Balaban J connectivity index is 1.63. The molecule has 1 aliphatic carbocycles. The Bertz CT molecular complexity index is 1020. The molecule has 2 aromatic heterocycles. The fourth-order valence-corrected chi connectivity index (χ4v) is 3.87. The summed E-state index contributed by atoms with van der Waals surface area (Å²) in [6.45, 7) is 1.88. The average molecular weight is 385 g/mol. The summed E-state index contributed by atoms with van der Waals surface area (Å²) in [5.41, 5.74) is 1.88. The first-order valence-electron chi connectivity index (χ1n) is 9.48. The van der Waals surface area contributed by atoms with Gasteiger partial charge in [0.2, 0.25) is 0 Å². The second-order valence-corrected chi connectivity index (χ2v) is 7.39. The molecule has 2 N–H and O–H groups in total. The van der Waals surface area contributed by atoms with Gasteiger partial charge < -0.3 is 14.6 Å². The van der Waals surface area contributed by atoms with E-state index in [0.717, 1.165) is 37.2 Å². The molecule has 148 valence electrons. The zero-order chi connectivity index (χ0) is 19.8. The zero-order valence-electron chi connectivity index (χ0n) is 16.3. The van der Waals surface area contributed by atoms with Crippen LogP contribution in [0.25, 0.3) is 22.2 Å². The van der Waals surface area contributed by atoms with Gasteiger partial charge in [-0.15, -0.1) is 0 Å². The number of imidazole rings is 1. The summed E-state index contributed by atoms with van der Waals surface area (Å²) < 4.78 is 21.9. The van der Waals surface area contributed by atoms with E-state index in [9.17, 15) is 9.18 Å². The third-order valence-electron chi connectivity index (χ3n) is 5.70. The minimum atomic E-state index is -0.446. The van der Waals surface area contributed by atoms with Crippen molar-refractivity contribution >= 4 is 16.8 Å². The Hall–Kier alpha value is -2.74. The molecule has 0 spiro atoms. The predicted octanol–water partition coefficient (Wildman–Crippen LogP) is 3.10. The molecule has 3 aromatic rings. The maximum Gasteiger partial charge on any atom is 0.272 e. The van der Waals surface area contributed by atoms with Crippen molar-refractivity contribution in [3.63, 3.8) is 0 Å². The van der Waals surface area contributed by atoms with Crippen LogP contribution in [0, 0.1) is 12.7 Å². The van der Waals surface area contributed by atoms with Crippen LogP contribution in [0.1, 0.15) is 42.0 Å². The summed E-state index contributed by atoms with van der Waals surface area (Å²) in [6, 6.07) is 3.30. The summed E-state index contributed by atoms with van der Waals surface area (Å²) in [7, 11) is 3.59. The van der Waals surface area contributed by atoms with E-state index in [4.69, 9.17) is 4.74 Å². The number of benzene rings is 1. The molecule has 1 fully saturated rings. The van der Waals surface area contributed by atoms with Crippen molar-refractivity contribution in [2.75, 3.05) is 7.11 Å². The molecule has 0 radical (unpaired) electrons. The fraction of sp³-hybridized carbons (Fsp3) is 0.450. The average Bonchev–Trinajstić information content (AvgIpc) is 3.26. The molecule has 28 heavy (non-hydrogen) atoms. The van der Waals surface area contributed by atoms with E-state index in [1.165, 1.54) is 6.07 Å². The topological polar surface area (TPSA) is 84.8 Å². The smallest absolute Gasteiger partial charge is 0.272 e. The van der Waals surface area contributed by atoms with Crippen LogP contribution < -0.4 is 5.32 Å². The highest BCUT2D eigenvalue weighted by Crippen LogP contribution is 2.28. The second kappa shape index (κ2) is 7.35. The number of nitrogens with zero attached hydrogens (tertiary/aromatic N) is 3. The number of carbonyl (C=O) groups excluding carboxylic acids is 1. The van der Waals surface area contributed by atoms with Crippen molar-refractivity contribution in [3.05, 3.63) is 35.7 Å². The fourth-order valence-electron chi connectivity index (χ4n) is 3.87. The summed E-state index contributed by atoms with van der Waals surface area (Å²) in [5.74, 6) is 0.0932. The number of halogens is 1. The van der Waals surface area contributed by atoms with Crippen LogP contribution >= 0.6 is 0 Å². The maximum absolute atomic E-state index is 14.6. The number of nitrogens with one attached hydrogen (secondary N) is 2. The lowest BCUT2D eigenvalue weighted by molar-refractivity contribution is 0.0598. The first kappa shape index (κ1) is 18.6. The highest BCUT2D eigenvalue weighted by molar-refractivity contribution is 6.05. The second-order valence-electron chi connectivity index (χ2n) is 7.39. The van der Waals surface area contributed by atoms with Gasteiger partial charge in [-0.3, -0.25) is 9.89 Å². The van der Waals surface area contributed by atoms with Gasteiger partial charge >= 0.3 is 0 Å². The molecule has 8 heteroatoms. The maximum atomic E-state index is 14.6. The Morgan fingerprint density at radius 1 is 1.32 bits per heavy atom. The van der Waals surface area contributed by atoms with Crippen LogP contribution in [-0.2, 0) is 11.8 Å². The summed E-state index contributed by atoms with van der Waals surface area (Å²) in [5, 5.41) is 10.3. The number of aryl methyl sites for hydroxylation is 1. The quantitative estimate of drug-likeness (QED) is 0.723. The number of fused-ring (bicyclic) bond motifs is 1. The van der Waals surface area contributed by atoms with E-state index >= 15 is 0 Å². The van der Waals surface area contributed by atoms with Gasteiger partial charge in [0.25, 0.3) is 5.91 Å². The highest BCUT2D eigenvalue weighted by atomic mass is 19.1. The molecule has 1 saturated carbocycles. The minimum absolute atomic E-state index is 0.0819. The van der Waals surface area contributed by atoms with Crippen LogP contribution in [0.15, 0.2) is 18.3 Å². The van der Waals surface area contributed by atoms with E-state index in [1.54, 1.807) is 19.4 Å².